The maximum absolute atomic E-state index is 13.2. The fourth-order valence-corrected chi connectivity index (χ4v) is 3.85. The van der Waals surface area contributed by atoms with Crippen molar-refractivity contribution in [2.75, 3.05) is 19.0 Å². The molecule has 0 spiro atoms. The van der Waals surface area contributed by atoms with Gasteiger partial charge in [0, 0.05) is 18.5 Å². The molecule has 0 aromatic heterocycles. The van der Waals surface area contributed by atoms with Gasteiger partial charge in [-0.05, 0) is 25.1 Å². The maximum atomic E-state index is 13.2. The highest BCUT2D eigenvalue weighted by Crippen LogP contribution is 2.23. The van der Waals surface area contributed by atoms with Gasteiger partial charge in [-0.1, -0.05) is 6.07 Å². The molecule has 0 saturated carbocycles. The molecule has 1 heterocycles. The summed E-state index contributed by atoms with van der Waals surface area (Å²) in [5.41, 5.74) is 0. The second-order valence-corrected chi connectivity index (χ2v) is 6.69. The highest BCUT2D eigenvalue weighted by Gasteiger charge is 2.35. The minimum absolute atomic E-state index is 0.0467. The third-order valence-corrected chi connectivity index (χ3v) is 5.34. The van der Waals surface area contributed by atoms with Crippen molar-refractivity contribution < 1.29 is 17.5 Å². The Kier molecular flexibility index (Phi) is 4.45. The summed E-state index contributed by atoms with van der Waals surface area (Å²) in [4.78, 5) is -0.0467. The van der Waals surface area contributed by atoms with Crippen molar-refractivity contribution in [3.8, 4) is 0 Å². The van der Waals surface area contributed by atoms with Gasteiger partial charge in [0.1, 0.15) is 5.82 Å². The molecule has 1 aliphatic rings. The van der Waals surface area contributed by atoms with Crippen LogP contribution in [0.4, 0.5) is 4.39 Å². The molecule has 0 radical (unpaired) electrons. The van der Waals surface area contributed by atoms with E-state index in [1.54, 1.807) is 6.92 Å². The number of nitrogens with zero attached hydrogens (tertiary/aromatic N) is 1. The number of benzene rings is 1. The number of hydrogen-bond donors (Lipinski definition) is 0. The van der Waals surface area contributed by atoms with Crippen LogP contribution in [0.1, 0.15) is 6.92 Å². The molecule has 19 heavy (non-hydrogen) atoms. The van der Waals surface area contributed by atoms with E-state index in [0.717, 1.165) is 6.07 Å². The van der Waals surface area contributed by atoms with Gasteiger partial charge in [-0.2, -0.15) is 4.31 Å². The summed E-state index contributed by atoms with van der Waals surface area (Å²) in [5.74, 6) is -0.349. The van der Waals surface area contributed by atoms with Crippen LogP contribution >= 0.6 is 11.6 Å². The molecule has 0 amide bonds. The van der Waals surface area contributed by atoms with Crippen molar-refractivity contribution in [1.29, 1.82) is 0 Å². The first-order valence-corrected chi connectivity index (χ1v) is 7.87. The van der Waals surface area contributed by atoms with Gasteiger partial charge in [0.05, 0.1) is 17.6 Å². The summed E-state index contributed by atoms with van der Waals surface area (Å²) in [5, 5.41) is 0. The largest absolute Gasteiger partial charge is 0.374 e. The van der Waals surface area contributed by atoms with Crippen LogP contribution in [0.15, 0.2) is 29.2 Å². The van der Waals surface area contributed by atoms with Gasteiger partial charge < -0.3 is 4.74 Å². The van der Waals surface area contributed by atoms with Crippen LogP contribution in [0, 0.1) is 5.82 Å². The standard InChI is InChI=1S/C12H15ClFNO3S/c1-9-8-18-11(6-13)7-15(9)19(16,17)12-4-2-3-10(14)5-12/h2-5,9,11H,6-8H2,1H3. The minimum Gasteiger partial charge on any atom is -0.374 e. The average Bonchev–Trinajstić information content (AvgIpc) is 2.39. The van der Waals surface area contributed by atoms with E-state index in [1.807, 2.05) is 0 Å². The van der Waals surface area contributed by atoms with Gasteiger partial charge in [0.2, 0.25) is 10.0 Å². The van der Waals surface area contributed by atoms with Crippen LogP contribution in [0.2, 0.25) is 0 Å². The van der Waals surface area contributed by atoms with Crippen LogP contribution in [0.25, 0.3) is 0 Å². The Hall–Kier alpha value is -0.690. The number of sulfonamides is 1. The predicted octanol–water partition coefficient (Wildman–Crippen LogP) is 1.84. The molecule has 1 fully saturated rings. The lowest BCUT2D eigenvalue weighted by molar-refractivity contribution is -0.0152. The van der Waals surface area contributed by atoms with Crippen molar-refractivity contribution in [2.24, 2.45) is 0 Å². The van der Waals surface area contributed by atoms with Crippen molar-refractivity contribution in [3.63, 3.8) is 0 Å². The summed E-state index contributed by atoms with van der Waals surface area (Å²) in [6, 6.07) is 4.70. The van der Waals surface area contributed by atoms with Crippen molar-refractivity contribution in [3.05, 3.63) is 30.1 Å². The second kappa shape index (κ2) is 5.75. The average molecular weight is 308 g/mol. The normalized spacial score (nSPS) is 25.4. The Labute approximate surface area is 117 Å². The van der Waals surface area contributed by atoms with E-state index in [2.05, 4.69) is 0 Å². The van der Waals surface area contributed by atoms with Gasteiger partial charge in [-0.15, -0.1) is 11.6 Å². The zero-order valence-corrected chi connectivity index (χ0v) is 12.0. The monoisotopic (exact) mass is 307 g/mol. The van der Waals surface area contributed by atoms with Crippen LogP contribution in [-0.4, -0.2) is 43.9 Å². The quantitative estimate of drug-likeness (QED) is 0.801. The predicted molar refractivity (Wildman–Crippen MR) is 70.2 cm³/mol. The SMILES string of the molecule is CC1COC(CCl)CN1S(=O)(=O)c1cccc(F)c1. The first kappa shape index (κ1) is 14.7. The smallest absolute Gasteiger partial charge is 0.243 e. The maximum Gasteiger partial charge on any atom is 0.243 e. The first-order chi connectivity index (χ1) is 8.95. The van der Waals surface area contributed by atoms with E-state index in [9.17, 15) is 12.8 Å². The van der Waals surface area contributed by atoms with Gasteiger partial charge in [0.15, 0.2) is 0 Å². The number of alkyl halides is 1. The summed E-state index contributed by atoms with van der Waals surface area (Å²) >= 11 is 5.71. The molecule has 2 unspecified atom stereocenters. The Morgan fingerprint density at radius 2 is 2.26 bits per heavy atom. The van der Waals surface area contributed by atoms with Gasteiger partial charge in [0.25, 0.3) is 0 Å². The van der Waals surface area contributed by atoms with Crippen LogP contribution in [0.3, 0.4) is 0 Å². The number of hydrogen-bond acceptors (Lipinski definition) is 3. The fourth-order valence-electron chi connectivity index (χ4n) is 1.98. The lowest BCUT2D eigenvalue weighted by atomic mass is 10.2. The lowest BCUT2D eigenvalue weighted by Crippen LogP contribution is -2.51. The lowest BCUT2D eigenvalue weighted by Gasteiger charge is -2.36. The molecule has 1 aliphatic heterocycles. The van der Waals surface area contributed by atoms with E-state index in [0.29, 0.717) is 0 Å². The van der Waals surface area contributed by atoms with Crippen LogP contribution in [-0.2, 0) is 14.8 Å². The molecule has 1 aromatic rings. The molecule has 0 aliphatic carbocycles. The molecule has 2 atom stereocenters. The zero-order valence-electron chi connectivity index (χ0n) is 10.4. The Morgan fingerprint density at radius 1 is 1.53 bits per heavy atom. The number of ether oxygens (including phenoxy) is 1. The summed E-state index contributed by atoms with van der Waals surface area (Å²) < 4.78 is 44.8. The summed E-state index contributed by atoms with van der Waals surface area (Å²) in [6.45, 7) is 2.22. The van der Waals surface area contributed by atoms with Crippen molar-refractivity contribution in [2.45, 2.75) is 24.0 Å². The molecule has 7 heteroatoms. The molecular formula is C12H15ClFNO3S. The zero-order chi connectivity index (χ0) is 14.0. The topological polar surface area (TPSA) is 46.6 Å². The van der Waals surface area contributed by atoms with Gasteiger partial charge in [-0.25, -0.2) is 12.8 Å². The van der Waals surface area contributed by atoms with E-state index in [1.165, 1.54) is 22.5 Å². The number of halogens is 2. The van der Waals surface area contributed by atoms with E-state index >= 15 is 0 Å². The molecule has 0 N–H and O–H groups in total. The first-order valence-electron chi connectivity index (χ1n) is 5.90. The summed E-state index contributed by atoms with van der Waals surface area (Å²) in [7, 11) is -3.72. The number of rotatable bonds is 3. The van der Waals surface area contributed by atoms with Crippen molar-refractivity contribution in [1.82, 2.24) is 4.31 Å². The van der Waals surface area contributed by atoms with E-state index < -0.39 is 15.8 Å². The van der Waals surface area contributed by atoms with E-state index in [4.69, 9.17) is 16.3 Å². The number of morpholine rings is 1. The Bertz CT molecular complexity index is 552. The van der Waals surface area contributed by atoms with Crippen LogP contribution in [0.5, 0.6) is 0 Å². The Morgan fingerprint density at radius 3 is 2.89 bits per heavy atom. The highest BCUT2D eigenvalue weighted by atomic mass is 35.5. The third-order valence-electron chi connectivity index (χ3n) is 3.02. The Balaban J connectivity index is 2.32. The van der Waals surface area contributed by atoms with Crippen molar-refractivity contribution >= 4 is 21.6 Å². The van der Waals surface area contributed by atoms with Gasteiger partial charge in [-0.3, -0.25) is 0 Å². The molecule has 4 nitrogen and oxygen atoms in total. The molecule has 0 bridgehead atoms. The fraction of sp³-hybridized carbons (Fsp3) is 0.500. The molecular weight excluding hydrogens is 293 g/mol. The molecule has 2 rings (SSSR count). The molecule has 106 valence electrons. The summed E-state index contributed by atoms with van der Waals surface area (Å²) in [6.07, 6.45) is -0.332. The minimum atomic E-state index is -3.72. The highest BCUT2D eigenvalue weighted by molar-refractivity contribution is 7.89. The van der Waals surface area contributed by atoms with E-state index in [-0.39, 0.29) is 36.1 Å². The molecule has 1 saturated heterocycles. The van der Waals surface area contributed by atoms with Gasteiger partial charge >= 0.3 is 0 Å². The van der Waals surface area contributed by atoms with Crippen LogP contribution < -0.4 is 0 Å². The molecule has 1 aromatic carbocycles. The second-order valence-electron chi connectivity index (χ2n) is 4.49. The third kappa shape index (κ3) is 3.08.